The van der Waals surface area contributed by atoms with E-state index < -0.39 is 95.2 Å². The van der Waals surface area contributed by atoms with Crippen LogP contribution in [0.25, 0.3) is 0 Å². The Morgan fingerprint density at radius 3 is 1.90 bits per heavy atom. The van der Waals surface area contributed by atoms with E-state index in [1.807, 2.05) is 66.7 Å². The van der Waals surface area contributed by atoms with Crippen molar-refractivity contribution in [1.29, 1.82) is 5.41 Å². The van der Waals surface area contributed by atoms with Crippen LogP contribution in [0.1, 0.15) is 36.8 Å². The van der Waals surface area contributed by atoms with Crippen molar-refractivity contribution < 1.29 is 61.8 Å². The maximum Gasteiger partial charge on any atom is 0.338 e. The smallest absolute Gasteiger partial charge is 0.338 e. The highest BCUT2D eigenvalue weighted by atomic mass is 35.6. The minimum Gasteiger partial charge on any atom is -0.467 e. The number of methoxy groups -OCH3 is 1. The minimum absolute atomic E-state index is 0.0166. The Bertz CT molecular complexity index is 1840. The molecule has 3 aromatic carbocycles. The summed E-state index contributed by atoms with van der Waals surface area (Å²) in [6.45, 7) is 2.48. The van der Waals surface area contributed by atoms with Gasteiger partial charge in [0.15, 0.2) is 24.8 Å². The van der Waals surface area contributed by atoms with Gasteiger partial charge in [0.2, 0.25) is 18.1 Å². The van der Waals surface area contributed by atoms with E-state index in [2.05, 4.69) is 5.32 Å². The van der Waals surface area contributed by atoms with E-state index in [1.165, 1.54) is 6.92 Å². The fraction of sp³-hybridized carbons (Fsp3) is 0.450. The molecule has 6 rings (SSSR count). The van der Waals surface area contributed by atoms with Gasteiger partial charge in [0.05, 0.1) is 26.9 Å². The number of rotatable bonds is 13. The molecular formula is C40H43Cl3N2O13. The number of esters is 2. The normalized spacial score (nSPS) is 29.7. The Hall–Kier alpha value is -3.87. The summed E-state index contributed by atoms with van der Waals surface area (Å²) in [6, 6.07) is 26.6. The first-order valence-corrected chi connectivity index (χ1v) is 19.4. The predicted octanol–water partition coefficient (Wildman–Crippen LogP) is 5.08. The maximum atomic E-state index is 13.6. The van der Waals surface area contributed by atoms with E-state index in [4.69, 9.17) is 87.6 Å². The van der Waals surface area contributed by atoms with Gasteiger partial charge in [-0.3, -0.25) is 15.0 Å². The molecular weight excluding hydrogens is 823 g/mol. The zero-order chi connectivity index (χ0) is 41.4. The molecule has 0 aliphatic carbocycles. The molecule has 3 saturated heterocycles. The Kier molecular flexibility index (Phi) is 15.0. The maximum absolute atomic E-state index is 13.6. The number of fused-ring (bicyclic) bond motifs is 1. The molecule has 0 bridgehead atoms. The number of alkyl halides is 3. The molecule has 58 heavy (non-hydrogen) atoms. The van der Waals surface area contributed by atoms with Gasteiger partial charge >= 0.3 is 11.9 Å². The van der Waals surface area contributed by atoms with Gasteiger partial charge in [-0.05, 0) is 11.1 Å². The summed E-state index contributed by atoms with van der Waals surface area (Å²) in [4.78, 5) is 39.2. The van der Waals surface area contributed by atoms with Crippen LogP contribution >= 0.6 is 34.8 Å². The lowest BCUT2D eigenvalue weighted by Crippen LogP contribution is -2.70. The Morgan fingerprint density at radius 1 is 0.759 bits per heavy atom. The van der Waals surface area contributed by atoms with Crippen LogP contribution in [-0.2, 0) is 75.0 Å². The van der Waals surface area contributed by atoms with E-state index in [0.29, 0.717) is 5.56 Å². The molecule has 3 aromatic rings. The number of hydrogen-bond donors (Lipinski definition) is 2. The monoisotopic (exact) mass is 864 g/mol. The summed E-state index contributed by atoms with van der Waals surface area (Å²) in [5, 5.41) is 11.2. The van der Waals surface area contributed by atoms with E-state index in [0.717, 1.165) is 25.2 Å². The van der Waals surface area contributed by atoms with Gasteiger partial charge in [-0.25, -0.2) is 4.79 Å². The van der Waals surface area contributed by atoms with Gasteiger partial charge in [-0.15, -0.1) is 0 Å². The van der Waals surface area contributed by atoms with Gasteiger partial charge < -0.3 is 52.7 Å². The summed E-state index contributed by atoms with van der Waals surface area (Å²) in [6.07, 6.45) is -12.7. The molecule has 2 unspecified atom stereocenters. The van der Waals surface area contributed by atoms with E-state index in [-0.39, 0.29) is 19.8 Å². The van der Waals surface area contributed by atoms with Gasteiger partial charge in [-0.1, -0.05) is 126 Å². The third-order valence-corrected chi connectivity index (χ3v) is 9.88. The fourth-order valence-electron chi connectivity index (χ4n) is 6.79. The molecule has 312 valence electrons. The quantitative estimate of drug-likeness (QED) is 0.101. The lowest BCUT2D eigenvalue weighted by Gasteiger charge is -2.51. The highest BCUT2D eigenvalue weighted by molar-refractivity contribution is 6.76. The lowest BCUT2D eigenvalue weighted by atomic mass is 9.94. The van der Waals surface area contributed by atoms with Crippen LogP contribution in [0.3, 0.4) is 0 Å². The predicted molar refractivity (Wildman–Crippen MR) is 207 cm³/mol. The average Bonchev–Trinajstić information content (AvgIpc) is 3.21. The van der Waals surface area contributed by atoms with Crippen molar-refractivity contribution in [2.24, 2.45) is 0 Å². The van der Waals surface area contributed by atoms with Gasteiger partial charge in [0.1, 0.15) is 36.6 Å². The first kappa shape index (κ1) is 43.7. The van der Waals surface area contributed by atoms with E-state index in [1.54, 1.807) is 24.3 Å². The van der Waals surface area contributed by atoms with Gasteiger partial charge in [0.25, 0.3) is 3.79 Å². The van der Waals surface area contributed by atoms with Gasteiger partial charge in [0, 0.05) is 19.4 Å². The SMILES string of the molecule is COC(=O)[C@@H]1OC(OC(=N)C(Cl)(Cl)Cl)[C@H](OC(C)=O)[C@@H](OCc2ccccc2)[C@@H]1O[C@H]1O[C@@H]2COC(c3ccccc3)O[C@H]2[C@H](OCc2ccccc2)[C@H]1NC(C)=O. The van der Waals surface area contributed by atoms with Crippen molar-refractivity contribution in [1.82, 2.24) is 5.32 Å². The molecule has 3 heterocycles. The Labute approximate surface area is 349 Å². The second kappa shape index (κ2) is 19.9. The van der Waals surface area contributed by atoms with Crippen LogP contribution in [0.2, 0.25) is 0 Å². The molecule has 0 radical (unpaired) electrons. The molecule has 3 aliphatic rings. The summed E-state index contributed by atoms with van der Waals surface area (Å²) in [5.74, 6) is -3.14. The molecule has 0 aromatic heterocycles. The number of carbonyl (C=O) groups excluding carboxylic acids is 3. The number of hydrogen-bond acceptors (Lipinski definition) is 14. The zero-order valence-corrected chi connectivity index (χ0v) is 33.8. The van der Waals surface area contributed by atoms with Crippen LogP contribution in [-0.4, -0.2) is 103 Å². The molecule has 3 aliphatic heterocycles. The molecule has 18 heteroatoms. The van der Waals surface area contributed by atoms with Crippen molar-refractivity contribution in [2.75, 3.05) is 13.7 Å². The number of carbonyl (C=O) groups is 3. The van der Waals surface area contributed by atoms with E-state index in [9.17, 15) is 14.4 Å². The lowest BCUT2D eigenvalue weighted by molar-refractivity contribution is -0.371. The molecule has 15 nitrogen and oxygen atoms in total. The molecule has 3 fully saturated rings. The highest BCUT2D eigenvalue weighted by Crippen LogP contribution is 2.39. The standard InChI is InChI=1S/C40H43Cl3N2O13/c1-22(46)45-28-30(50-19-24-13-7-4-8-14-24)29-27(21-52-36(55-29)26-17-11-6-12-18-26)54-37(28)56-32-31(51-20-25-15-9-5-10-16-25)34(53-23(2)47)38(57-33(32)35(48)49-3)58-39(44)40(41,42)43/h4-18,27-34,36-38,44H,19-21H2,1-3H3,(H,45,46)/t27-,28-,29-,30-,31+,32+,33-,34-,36?,37-,38?/m1/s1. The number of amides is 1. The van der Waals surface area contributed by atoms with Crippen LogP contribution in [0, 0.1) is 5.41 Å². The Morgan fingerprint density at radius 2 is 1.34 bits per heavy atom. The Balaban J connectivity index is 1.39. The van der Waals surface area contributed by atoms with Crippen molar-refractivity contribution in [2.45, 2.75) is 98.5 Å². The first-order valence-electron chi connectivity index (χ1n) is 18.3. The fourth-order valence-corrected chi connectivity index (χ4v) is 6.93. The van der Waals surface area contributed by atoms with Crippen molar-refractivity contribution in [3.63, 3.8) is 0 Å². The summed E-state index contributed by atoms with van der Waals surface area (Å²) in [5.41, 5.74) is 2.29. The second-order valence-electron chi connectivity index (χ2n) is 13.5. The highest BCUT2D eigenvalue weighted by Gasteiger charge is 2.58. The van der Waals surface area contributed by atoms with Crippen LogP contribution in [0.15, 0.2) is 91.0 Å². The van der Waals surface area contributed by atoms with E-state index >= 15 is 0 Å². The molecule has 1 amide bonds. The third kappa shape index (κ3) is 11.0. The van der Waals surface area contributed by atoms with Crippen molar-refractivity contribution in [3.8, 4) is 0 Å². The summed E-state index contributed by atoms with van der Waals surface area (Å²) >= 11 is 17.8. The van der Waals surface area contributed by atoms with Crippen LogP contribution in [0.5, 0.6) is 0 Å². The molecule has 0 spiro atoms. The average molecular weight is 866 g/mol. The van der Waals surface area contributed by atoms with Crippen molar-refractivity contribution >= 4 is 58.5 Å². The summed E-state index contributed by atoms with van der Waals surface area (Å²) < 4.78 is 59.0. The molecule has 2 N–H and O–H groups in total. The number of ether oxygens (including phenoxy) is 10. The van der Waals surface area contributed by atoms with Crippen LogP contribution in [0.4, 0.5) is 0 Å². The first-order chi connectivity index (χ1) is 27.8. The molecule has 11 atom stereocenters. The topological polar surface area (TPSA) is 179 Å². The van der Waals surface area contributed by atoms with Gasteiger partial charge in [-0.2, -0.15) is 0 Å². The van der Waals surface area contributed by atoms with Crippen molar-refractivity contribution in [3.05, 3.63) is 108 Å². The zero-order valence-electron chi connectivity index (χ0n) is 31.6. The second-order valence-corrected chi connectivity index (χ2v) is 15.8. The summed E-state index contributed by atoms with van der Waals surface area (Å²) in [7, 11) is 1.12. The molecule has 0 saturated carbocycles. The number of nitrogens with one attached hydrogen (secondary N) is 2. The number of halogens is 3. The third-order valence-electron chi connectivity index (χ3n) is 9.36. The van der Waals surface area contributed by atoms with Crippen LogP contribution < -0.4 is 5.32 Å². The number of benzene rings is 3. The largest absolute Gasteiger partial charge is 0.467 e. The minimum atomic E-state index is -2.37.